The van der Waals surface area contributed by atoms with Gasteiger partial charge in [0.1, 0.15) is 5.75 Å². The molecule has 1 aliphatic rings. The van der Waals surface area contributed by atoms with Crippen LogP contribution in [-0.4, -0.2) is 43.7 Å². The van der Waals surface area contributed by atoms with Gasteiger partial charge < -0.3 is 14.4 Å². The van der Waals surface area contributed by atoms with E-state index >= 15 is 0 Å². The van der Waals surface area contributed by atoms with Crippen LogP contribution in [0.5, 0.6) is 5.75 Å². The molecule has 1 saturated heterocycles. The highest BCUT2D eigenvalue weighted by atomic mass is 35.5. The van der Waals surface area contributed by atoms with E-state index < -0.39 is 0 Å². The first-order valence-electron chi connectivity index (χ1n) is 8.27. The fourth-order valence-electron chi connectivity index (χ4n) is 2.84. The van der Waals surface area contributed by atoms with Crippen molar-refractivity contribution in [2.24, 2.45) is 5.92 Å². The number of benzene rings is 1. The third-order valence-electron chi connectivity index (χ3n) is 4.08. The Hall–Kier alpha value is -1.26. The Bertz CT molecular complexity index is 473. The van der Waals surface area contributed by atoms with Gasteiger partial charge in [0.05, 0.1) is 19.1 Å². The summed E-state index contributed by atoms with van der Waals surface area (Å²) >= 11 is 0. The molecule has 4 nitrogen and oxygen atoms in total. The van der Waals surface area contributed by atoms with Gasteiger partial charge in [0.25, 0.3) is 0 Å². The van der Waals surface area contributed by atoms with Gasteiger partial charge in [-0.3, -0.25) is 4.79 Å². The summed E-state index contributed by atoms with van der Waals surface area (Å²) in [6.45, 7) is 8.14. The van der Waals surface area contributed by atoms with Crippen molar-refractivity contribution < 1.29 is 14.3 Å². The lowest BCUT2D eigenvalue weighted by molar-refractivity contribution is -0.149. The molecular formula is C18H28ClNO3. The molecule has 1 heterocycles. The van der Waals surface area contributed by atoms with E-state index in [1.54, 1.807) is 0 Å². The molecule has 0 aliphatic carbocycles. The molecule has 1 aromatic carbocycles. The summed E-state index contributed by atoms with van der Waals surface area (Å²) in [5.41, 5.74) is 1.22. The number of piperidine rings is 1. The van der Waals surface area contributed by atoms with Crippen LogP contribution in [0, 0.1) is 12.8 Å². The average Bonchev–Trinajstić information content (AvgIpc) is 2.52. The first-order chi connectivity index (χ1) is 10.7. The van der Waals surface area contributed by atoms with Gasteiger partial charge in [-0.15, -0.1) is 12.4 Å². The molecule has 0 unspecified atom stereocenters. The Balaban J connectivity index is 0.00000264. The number of ether oxygens (including phenoxy) is 2. The molecule has 1 fully saturated rings. The Morgan fingerprint density at radius 2 is 2.04 bits per heavy atom. The number of hydrogen-bond donors (Lipinski definition) is 0. The molecule has 0 aromatic heterocycles. The zero-order valence-corrected chi connectivity index (χ0v) is 14.9. The molecular weight excluding hydrogens is 314 g/mol. The first kappa shape index (κ1) is 19.8. The maximum atomic E-state index is 11.7. The van der Waals surface area contributed by atoms with Crippen molar-refractivity contribution in [2.75, 3.05) is 32.8 Å². The van der Waals surface area contributed by atoms with Crippen molar-refractivity contribution in [3.05, 3.63) is 29.8 Å². The van der Waals surface area contributed by atoms with Gasteiger partial charge in [0.15, 0.2) is 0 Å². The smallest absolute Gasteiger partial charge is 0.309 e. The zero-order valence-electron chi connectivity index (χ0n) is 14.1. The highest BCUT2D eigenvalue weighted by Gasteiger charge is 2.25. The van der Waals surface area contributed by atoms with Crippen LogP contribution in [-0.2, 0) is 9.53 Å². The Morgan fingerprint density at radius 3 is 2.70 bits per heavy atom. The molecule has 5 heteroatoms. The van der Waals surface area contributed by atoms with Crippen LogP contribution in [0.15, 0.2) is 24.3 Å². The number of aryl methyl sites for hydroxylation is 1. The third kappa shape index (κ3) is 6.80. The minimum Gasteiger partial charge on any atom is -0.494 e. The zero-order chi connectivity index (χ0) is 15.8. The molecule has 1 aliphatic heterocycles. The quantitative estimate of drug-likeness (QED) is 0.562. The Labute approximate surface area is 145 Å². The predicted molar refractivity (Wildman–Crippen MR) is 94.3 cm³/mol. The summed E-state index contributed by atoms with van der Waals surface area (Å²) < 4.78 is 10.9. The normalized spacial score (nSPS) is 15.7. The van der Waals surface area contributed by atoms with Crippen molar-refractivity contribution in [3.63, 3.8) is 0 Å². The number of hydrogen-bond acceptors (Lipinski definition) is 4. The lowest BCUT2D eigenvalue weighted by atomic mass is 9.97. The summed E-state index contributed by atoms with van der Waals surface area (Å²) in [7, 11) is 0. The number of nitrogens with zero attached hydrogens (tertiary/aromatic N) is 1. The first-order valence-corrected chi connectivity index (χ1v) is 8.27. The summed E-state index contributed by atoms with van der Waals surface area (Å²) in [6.07, 6.45) is 2.84. The average molecular weight is 342 g/mol. The van der Waals surface area contributed by atoms with Gasteiger partial charge in [0, 0.05) is 6.54 Å². The maximum absolute atomic E-state index is 11.7. The molecule has 130 valence electrons. The molecule has 2 rings (SSSR count). The van der Waals surface area contributed by atoms with E-state index in [4.69, 9.17) is 9.47 Å². The van der Waals surface area contributed by atoms with Crippen LogP contribution < -0.4 is 4.74 Å². The topological polar surface area (TPSA) is 38.8 Å². The van der Waals surface area contributed by atoms with Crippen molar-refractivity contribution in [1.82, 2.24) is 4.90 Å². The van der Waals surface area contributed by atoms with Gasteiger partial charge in [-0.2, -0.15) is 0 Å². The molecule has 0 bridgehead atoms. The van der Waals surface area contributed by atoms with Gasteiger partial charge in [-0.25, -0.2) is 0 Å². The monoisotopic (exact) mass is 341 g/mol. The number of halogens is 1. The van der Waals surface area contributed by atoms with E-state index in [-0.39, 0.29) is 24.3 Å². The molecule has 0 saturated carbocycles. The van der Waals surface area contributed by atoms with Crippen LogP contribution in [0.25, 0.3) is 0 Å². The Morgan fingerprint density at radius 1 is 1.30 bits per heavy atom. The lowest BCUT2D eigenvalue weighted by Crippen LogP contribution is -2.37. The van der Waals surface area contributed by atoms with Crippen molar-refractivity contribution in [2.45, 2.75) is 33.1 Å². The van der Waals surface area contributed by atoms with E-state index in [0.29, 0.717) is 6.61 Å². The largest absolute Gasteiger partial charge is 0.494 e. The van der Waals surface area contributed by atoms with Gasteiger partial charge in [-0.05, 0) is 63.9 Å². The summed E-state index contributed by atoms with van der Waals surface area (Å²) in [6, 6.07) is 8.15. The number of carbonyl (C=O) groups is 1. The highest BCUT2D eigenvalue weighted by molar-refractivity contribution is 5.85. The molecule has 0 spiro atoms. The standard InChI is InChI=1S/C18H27NO3.ClH/c1-3-21-18(20)16-8-11-19(12-9-16)10-5-13-22-17-7-4-6-15(2)14-17;/h4,6-7,14,16H,3,5,8-13H2,1-2H3;1H. The number of esters is 1. The van der Waals surface area contributed by atoms with Crippen molar-refractivity contribution in [1.29, 1.82) is 0 Å². The van der Waals surface area contributed by atoms with Gasteiger partial charge in [-0.1, -0.05) is 12.1 Å². The second kappa shape index (κ2) is 10.5. The minimum atomic E-state index is -0.0232. The summed E-state index contributed by atoms with van der Waals surface area (Å²) in [4.78, 5) is 14.1. The van der Waals surface area contributed by atoms with E-state index in [0.717, 1.165) is 51.3 Å². The molecule has 0 amide bonds. The molecule has 0 atom stereocenters. The maximum Gasteiger partial charge on any atom is 0.309 e. The van der Waals surface area contributed by atoms with Gasteiger partial charge in [0.2, 0.25) is 0 Å². The SMILES string of the molecule is CCOC(=O)C1CCN(CCCOc2cccc(C)c2)CC1.Cl. The number of rotatable bonds is 7. The summed E-state index contributed by atoms with van der Waals surface area (Å²) in [5, 5.41) is 0. The summed E-state index contributed by atoms with van der Waals surface area (Å²) in [5.74, 6) is 1.02. The predicted octanol–water partition coefficient (Wildman–Crippen LogP) is 3.46. The second-order valence-electron chi connectivity index (χ2n) is 5.89. The van der Waals surface area contributed by atoms with E-state index in [1.165, 1.54) is 5.56 Å². The number of carbonyl (C=O) groups excluding carboxylic acids is 1. The number of likely N-dealkylation sites (tertiary alicyclic amines) is 1. The molecule has 1 aromatic rings. The van der Waals surface area contributed by atoms with E-state index in [9.17, 15) is 4.79 Å². The van der Waals surface area contributed by atoms with E-state index in [2.05, 4.69) is 24.0 Å². The molecule has 0 N–H and O–H groups in total. The van der Waals surface area contributed by atoms with Crippen LogP contribution in [0.1, 0.15) is 31.7 Å². The van der Waals surface area contributed by atoms with Crippen molar-refractivity contribution in [3.8, 4) is 5.75 Å². The minimum absolute atomic E-state index is 0. The Kier molecular flexibility index (Phi) is 9.03. The fraction of sp³-hybridized carbons (Fsp3) is 0.611. The van der Waals surface area contributed by atoms with Crippen molar-refractivity contribution >= 4 is 18.4 Å². The second-order valence-corrected chi connectivity index (χ2v) is 5.89. The fourth-order valence-corrected chi connectivity index (χ4v) is 2.84. The van der Waals surface area contributed by atoms with Gasteiger partial charge >= 0.3 is 5.97 Å². The highest BCUT2D eigenvalue weighted by Crippen LogP contribution is 2.19. The molecule has 23 heavy (non-hydrogen) atoms. The lowest BCUT2D eigenvalue weighted by Gasteiger charge is -2.30. The van der Waals surface area contributed by atoms with Crippen LogP contribution in [0.3, 0.4) is 0 Å². The molecule has 0 radical (unpaired) electrons. The van der Waals surface area contributed by atoms with E-state index in [1.807, 2.05) is 19.1 Å². The van der Waals surface area contributed by atoms with Crippen LogP contribution >= 0.6 is 12.4 Å². The van der Waals surface area contributed by atoms with Crippen LogP contribution in [0.4, 0.5) is 0 Å². The third-order valence-corrected chi connectivity index (χ3v) is 4.08. The van der Waals surface area contributed by atoms with Crippen LogP contribution in [0.2, 0.25) is 0 Å².